The Labute approximate surface area is 106 Å². The van der Waals surface area contributed by atoms with Crippen LogP contribution in [0, 0.1) is 15.9 Å². The summed E-state index contributed by atoms with van der Waals surface area (Å²) in [6.45, 7) is 2.01. The van der Waals surface area contributed by atoms with E-state index >= 15 is 0 Å². The molecule has 1 aromatic rings. The predicted octanol–water partition coefficient (Wildman–Crippen LogP) is 3.35. The molecule has 0 saturated carbocycles. The number of nitro benzene ring substituents is 1. The Kier molecular flexibility index (Phi) is 6.68. The Morgan fingerprint density at radius 1 is 1.53 bits per heavy atom. The van der Waals surface area contributed by atoms with Crippen molar-refractivity contribution in [2.75, 3.05) is 0 Å². The molecule has 0 aliphatic heterocycles. The summed E-state index contributed by atoms with van der Waals surface area (Å²) >= 11 is 0. The van der Waals surface area contributed by atoms with E-state index in [4.69, 9.17) is 5.73 Å². The topological polar surface area (TPSA) is 69.2 Å². The third-order valence-electron chi connectivity index (χ3n) is 2.46. The number of rotatable bonds is 5. The molecule has 0 heterocycles. The number of halogens is 2. The van der Waals surface area contributed by atoms with Crippen LogP contribution in [0.25, 0.3) is 0 Å². The molecule has 0 saturated heterocycles. The fourth-order valence-electron chi connectivity index (χ4n) is 1.51. The second kappa shape index (κ2) is 7.19. The van der Waals surface area contributed by atoms with Crippen LogP contribution in [-0.2, 0) is 0 Å². The van der Waals surface area contributed by atoms with Crippen molar-refractivity contribution in [2.45, 2.75) is 32.2 Å². The van der Waals surface area contributed by atoms with E-state index < -0.39 is 16.8 Å². The number of non-ortho nitro benzene ring substituents is 1. The summed E-state index contributed by atoms with van der Waals surface area (Å²) in [6.07, 6.45) is 2.47. The van der Waals surface area contributed by atoms with Gasteiger partial charge in [0, 0.05) is 23.7 Å². The molecule has 6 heteroatoms. The lowest BCUT2D eigenvalue weighted by atomic mass is 10.0. The van der Waals surface area contributed by atoms with Crippen molar-refractivity contribution in [1.29, 1.82) is 0 Å². The van der Waals surface area contributed by atoms with Crippen molar-refractivity contribution < 1.29 is 9.31 Å². The largest absolute Gasteiger partial charge is 0.324 e. The van der Waals surface area contributed by atoms with Gasteiger partial charge in [0.2, 0.25) is 0 Å². The molecular weight excluding hydrogens is 247 g/mol. The van der Waals surface area contributed by atoms with Crippen LogP contribution in [-0.4, -0.2) is 4.92 Å². The third-order valence-corrected chi connectivity index (χ3v) is 2.46. The van der Waals surface area contributed by atoms with Gasteiger partial charge in [-0.1, -0.05) is 19.8 Å². The van der Waals surface area contributed by atoms with Crippen LogP contribution < -0.4 is 5.73 Å². The van der Waals surface area contributed by atoms with Gasteiger partial charge in [-0.2, -0.15) is 0 Å². The van der Waals surface area contributed by atoms with Crippen molar-refractivity contribution >= 4 is 18.1 Å². The van der Waals surface area contributed by atoms with Crippen LogP contribution in [0.4, 0.5) is 10.1 Å². The van der Waals surface area contributed by atoms with E-state index in [-0.39, 0.29) is 23.7 Å². The summed E-state index contributed by atoms with van der Waals surface area (Å²) < 4.78 is 13.4. The smallest absolute Gasteiger partial charge is 0.269 e. The Morgan fingerprint density at radius 2 is 2.18 bits per heavy atom. The first-order valence-corrected chi connectivity index (χ1v) is 5.25. The van der Waals surface area contributed by atoms with Crippen LogP contribution in [0.15, 0.2) is 18.2 Å². The highest BCUT2D eigenvalue weighted by Gasteiger charge is 2.15. The second-order valence-corrected chi connectivity index (χ2v) is 3.71. The van der Waals surface area contributed by atoms with Crippen LogP contribution in [0.5, 0.6) is 0 Å². The molecule has 0 aliphatic rings. The first kappa shape index (κ1) is 15.8. The average Bonchev–Trinajstić information content (AvgIpc) is 2.26. The monoisotopic (exact) mass is 262 g/mol. The molecule has 0 spiro atoms. The zero-order chi connectivity index (χ0) is 12.1. The lowest BCUT2D eigenvalue weighted by Gasteiger charge is -2.11. The van der Waals surface area contributed by atoms with Crippen LogP contribution in [0.2, 0.25) is 0 Å². The SMILES string of the molecule is CCCC[C@H](N)c1cc([N+](=O)[O-])ccc1F.Cl. The maximum atomic E-state index is 13.4. The summed E-state index contributed by atoms with van der Waals surface area (Å²) in [5, 5.41) is 10.5. The van der Waals surface area contributed by atoms with Gasteiger partial charge < -0.3 is 5.73 Å². The molecule has 0 unspecified atom stereocenters. The van der Waals surface area contributed by atoms with Gasteiger partial charge >= 0.3 is 0 Å². The highest BCUT2D eigenvalue weighted by molar-refractivity contribution is 5.85. The minimum atomic E-state index is -0.546. The van der Waals surface area contributed by atoms with Crippen LogP contribution in [0.3, 0.4) is 0 Å². The first-order chi connectivity index (χ1) is 7.56. The van der Waals surface area contributed by atoms with Crippen molar-refractivity contribution in [3.8, 4) is 0 Å². The fourth-order valence-corrected chi connectivity index (χ4v) is 1.51. The summed E-state index contributed by atoms with van der Waals surface area (Å²) in [6, 6.07) is 2.99. The van der Waals surface area contributed by atoms with E-state index in [9.17, 15) is 14.5 Å². The highest BCUT2D eigenvalue weighted by Crippen LogP contribution is 2.24. The van der Waals surface area contributed by atoms with Gasteiger partial charge in [0.1, 0.15) is 5.82 Å². The number of nitro groups is 1. The number of hydrogen-bond donors (Lipinski definition) is 1. The van der Waals surface area contributed by atoms with Crippen molar-refractivity contribution in [3.05, 3.63) is 39.7 Å². The van der Waals surface area contributed by atoms with E-state index in [1.165, 1.54) is 6.07 Å². The molecule has 0 aliphatic carbocycles. The van der Waals surface area contributed by atoms with E-state index in [0.717, 1.165) is 25.0 Å². The summed E-state index contributed by atoms with van der Waals surface area (Å²) in [5.41, 5.74) is 5.89. The number of unbranched alkanes of at least 4 members (excludes halogenated alkanes) is 1. The van der Waals surface area contributed by atoms with Crippen molar-refractivity contribution in [3.63, 3.8) is 0 Å². The predicted molar refractivity (Wildman–Crippen MR) is 66.8 cm³/mol. The molecule has 4 nitrogen and oxygen atoms in total. The maximum absolute atomic E-state index is 13.4. The molecular formula is C11H16ClFN2O2. The van der Waals surface area contributed by atoms with Gasteiger partial charge in [-0.3, -0.25) is 10.1 Å². The standard InChI is InChI=1S/C11H15FN2O2.ClH/c1-2-3-4-11(13)9-7-8(14(15)16)5-6-10(9)12;/h5-7,11H,2-4,13H2,1H3;1H/t11-;/m0./s1. The molecule has 1 rings (SSSR count). The van der Waals surface area contributed by atoms with Gasteiger partial charge in [0.25, 0.3) is 5.69 Å². The number of hydrogen-bond acceptors (Lipinski definition) is 3. The molecule has 0 aromatic heterocycles. The van der Waals surface area contributed by atoms with Crippen molar-refractivity contribution in [2.24, 2.45) is 5.73 Å². The van der Waals surface area contributed by atoms with E-state index in [1.807, 2.05) is 6.92 Å². The van der Waals surface area contributed by atoms with Gasteiger partial charge in [-0.15, -0.1) is 12.4 Å². The Morgan fingerprint density at radius 3 is 2.71 bits per heavy atom. The molecule has 2 N–H and O–H groups in total. The van der Waals surface area contributed by atoms with E-state index in [2.05, 4.69) is 0 Å². The highest BCUT2D eigenvalue weighted by atomic mass is 35.5. The van der Waals surface area contributed by atoms with Crippen LogP contribution in [0.1, 0.15) is 37.8 Å². The summed E-state index contributed by atoms with van der Waals surface area (Å²) in [7, 11) is 0. The normalized spacial score (nSPS) is 11.7. The molecule has 0 radical (unpaired) electrons. The molecule has 1 aromatic carbocycles. The molecule has 1 atom stereocenters. The van der Waals surface area contributed by atoms with Crippen molar-refractivity contribution in [1.82, 2.24) is 0 Å². The zero-order valence-corrected chi connectivity index (χ0v) is 10.4. The van der Waals surface area contributed by atoms with E-state index in [1.54, 1.807) is 0 Å². The number of nitrogens with zero attached hydrogens (tertiary/aromatic N) is 1. The summed E-state index contributed by atoms with van der Waals surface area (Å²) in [4.78, 5) is 10.00. The minimum Gasteiger partial charge on any atom is -0.324 e. The molecule has 0 fully saturated rings. The first-order valence-electron chi connectivity index (χ1n) is 5.25. The zero-order valence-electron chi connectivity index (χ0n) is 9.56. The Hall–Kier alpha value is -1.20. The number of nitrogens with two attached hydrogens (primary N) is 1. The Balaban J connectivity index is 0.00000256. The van der Waals surface area contributed by atoms with Gasteiger partial charge in [0.05, 0.1) is 4.92 Å². The Bertz CT molecular complexity index is 388. The lowest BCUT2D eigenvalue weighted by molar-refractivity contribution is -0.385. The quantitative estimate of drug-likeness (QED) is 0.653. The molecule has 17 heavy (non-hydrogen) atoms. The fraction of sp³-hybridized carbons (Fsp3) is 0.455. The third kappa shape index (κ3) is 4.28. The molecule has 0 amide bonds. The number of benzene rings is 1. The van der Waals surface area contributed by atoms with Crippen LogP contribution >= 0.6 is 12.4 Å². The average molecular weight is 263 g/mol. The van der Waals surface area contributed by atoms with E-state index in [0.29, 0.717) is 6.42 Å². The van der Waals surface area contributed by atoms with Gasteiger partial charge in [0.15, 0.2) is 0 Å². The lowest BCUT2D eigenvalue weighted by Crippen LogP contribution is -2.12. The molecule has 96 valence electrons. The maximum Gasteiger partial charge on any atom is 0.269 e. The van der Waals surface area contributed by atoms with Gasteiger partial charge in [-0.05, 0) is 12.5 Å². The second-order valence-electron chi connectivity index (χ2n) is 3.71. The minimum absolute atomic E-state index is 0. The summed E-state index contributed by atoms with van der Waals surface area (Å²) in [5.74, 6) is -0.478. The van der Waals surface area contributed by atoms with Gasteiger partial charge in [-0.25, -0.2) is 4.39 Å². The molecule has 0 bridgehead atoms.